The average molecular weight is 382 g/mol. The lowest BCUT2D eigenvalue weighted by atomic mass is 10.1. The van der Waals surface area contributed by atoms with Crippen LogP contribution in [0.15, 0.2) is 29.3 Å². The zero-order valence-electron chi connectivity index (χ0n) is 16.6. The van der Waals surface area contributed by atoms with E-state index >= 15 is 0 Å². The minimum Gasteiger partial charge on any atom is -0.354 e. The number of anilines is 1. The van der Waals surface area contributed by atoms with Crippen molar-refractivity contribution in [3.63, 3.8) is 0 Å². The molecule has 0 spiro atoms. The van der Waals surface area contributed by atoms with Crippen molar-refractivity contribution in [3.05, 3.63) is 46.3 Å². The van der Waals surface area contributed by atoms with Gasteiger partial charge in [0.15, 0.2) is 0 Å². The van der Waals surface area contributed by atoms with E-state index in [-0.39, 0.29) is 5.56 Å². The lowest BCUT2D eigenvalue weighted by molar-refractivity contribution is 0.241. The number of piperazine rings is 1. The first-order valence-corrected chi connectivity index (χ1v) is 9.74. The van der Waals surface area contributed by atoms with Gasteiger partial charge in [-0.25, -0.2) is 9.67 Å². The van der Waals surface area contributed by atoms with E-state index in [4.69, 9.17) is 0 Å². The Kier molecular flexibility index (Phi) is 5.08. The molecule has 4 rings (SSSR count). The van der Waals surface area contributed by atoms with Gasteiger partial charge >= 0.3 is 0 Å². The van der Waals surface area contributed by atoms with Crippen LogP contribution in [0, 0.1) is 6.92 Å². The molecule has 0 amide bonds. The lowest BCUT2D eigenvalue weighted by Crippen LogP contribution is -2.48. The zero-order chi connectivity index (χ0) is 19.7. The van der Waals surface area contributed by atoms with Crippen LogP contribution in [-0.4, -0.2) is 67.0 Å². The average Bonchev–Trinajstić information content (AvgIpc) is 3.17. The Bertz CT molecular complexity index is 1020. The molecular formula is C19H26N8O. The van der Waals surface area contributed by atoms with Gasteiger partial charge in [0.25, 0.3) is 11.3 Å². The molecule has 0 aromatic carbocycles. The summed E-state index contributed by atoms with van der Waals surface area (Å²) in [6.45, 7) is 11.2. The topological polar surface area (TPSA) is 84.5 Å². The highest BCUT2D eigenvalue weighted by Gasteiger charge is 2.21. The molecule has 9 nitrogen and oxygen atoms in total. The monoisotopic (exact) mass is 382 g/mol. The van der Waals surface area contributed by atoms with Gasteiger partial charge in [-0.1, -0.05) is 13.8 Å². The molecule has 0 atom stereocenters. The molecular weight excluding hydrogens is 356 g/mol. The van der Waals surface area contributed by atoms with Gasteiger partial charge in [0.05, 0.1) is 17.9 Å². The van der Waals surface area contributed by atoms with Crippen molar-refractivity contribution in [2.75, 3.05) is 37.6 Å². The Morgan fingerprint density at radius 3 is 2.64 bits per heavy atom. The number of hydrogen-bond acceptors (Lipinski definition) is 7. The summed E-state index contributed by atoms with van der Waals surface area (Å²) in [5.74, 6) is 2.03. The predicted octanol–water partition coefficient (Wildman–Crippen LogP) is 0.935. The highest BCUT2D eigenvalue weighted by Crippen LogP contribution is 2.22. The highest BCUT2D eigenvalue weighted by molar-refractivity contribution is 5.48. The fourth-order valence-electron chi connectivity index (χ4n) is 3.48. The van der Waals surface area contributed by atoms with E-state index in [2.05, 4.69) is 49.9 Å². The van der Waals surface area contributed by atoms with Crippen molar-refractivity contribution in [1.82, 2.24) is 34.3 Å². The van der Waals surface area contributed by atoms with Crippen LogP contribution in [0.2, 0.25) is 0 Å². The smallest absolute Gasteiger partial charge is 0.266 e. The minimum atomic E-state index is -0.0455. The number of rotatable bonds is 5. The third-order valence-corrected chi connectivity index (χ3v) is 5.17. The van der Waals surface area contributed by atoms with Crippen molar-refractivity contribution >= 4 is 11.6 Å². The van der Waals surface area contributed by atoms with Crippen LogP contribution in [0.25, 0.3) is 5.78 Å². The fraction of sp³-hybridized carbons (Fsp3) is 0.526. The van der Waals surface area contributed by atoms with E-state index in [9.17, 15) is 4.79 Å². The maximum atomic E-state index is 11.9. The van der Waals surface area contributed by atoms with Crippen molar-refractivity contribution in [2.24, 2.45) is 0 Å². The first kappa shape index (κ1) is 18.5. The van der Waals surface area contributed by atoms with E-state index in [1.54, 1.807) is 23.1 Å². The minimum absolute atomic E-state index is 0.0455. The summed E-state index contributed by atoms with van der Waals surface area (Å²) in [4.78, 5) is 25.5. The van der Waals surface area contributed by atoms with Crippen LogP contribution >= 0.6 is 0 Å². The van der Waals surface area contributed by atoms with Gasteiger partial charge in [0.2, 0.25) is 0 Å². The molecule has 0 radical (unpaired) electrons. The van der Waals surface area contributed by atoms with Gasteiger partial charge in [-0.15, -0.1) is 0 Å². The second kappa shape index (κ2) is 7.67. The molecule has 3 aromatic heterocycles. The highest BCUT2D eigenvalue weighted by atomic mass is 16.1. The predicted molar refractivity (Wildman–Crippen MR) is 107 cm³/mol. The molecule has 1 aliphatic rings. The standard InChI is InChI=1S/C19H26N8O/c1-14(2)16-12-17(27-19(22-16)20-13-21-27)25-9-6-24(7-10-25)8-11-26-18(28)5-4-15(3)23-26/h4-5,12-14H,6-11H2,1-3H3. The first-order valence-electron chi connectivity index (χ1n) is 9.74. The molecule has 3 aromatic rings. The van der Waals surface area contributed by atoms with E-state index in [0.717, 1.165) is 49.9 Å². The molecule has 1 saturated heterocycles. The number of fused-ring (bicyclic) bond motifs is 1. The second-order valence-corrected chi connectivity index (χ2v) is 7.53. The van der Waals surface area contributed by atoms with Crippen LogP contribution in [0.3, 0.4) is 0 Å². The molecule has 28 heavy (non-hydrogen) atoms. The van der Waals surface area contributed by atoms with Crippen LogP contribution in [0.4, 0.5) is 5.82 Å². The Balaban J connectivity index is 1.43. The zero-order valence-corrected chi connectivity index (χ0v) is 16.6. The third kappa shape index (κ3) is 3.75. The Morgan fingerprint density at radius 2 is 1.89 bits per heavy atom. The molecule has 1 aliphatic heterocycles. The summed E-state index contributed by atoms with van der Waals surface area (Å²) in [6.07, 6.45) is 1.55. The molecule has 0 bridgehead atoms. The summed E-state index contributed by atoms with van der Waals surface area (Å²) in [5.41, 5.74) is 1.85. The number of aryl methyl sites for hydroxylation is 1. The van der Waals surface area contributed by atoms with E-state index in [1.807, 2.05) is 11.4 Å². The molecule has 0 aliphatic carbocycles. The Labute approximate surface area is 163 Å². The maximum absolute atomic E-state index is 11.9. The Hall–Kier alpha value is -2.81. The maximum Gasteiger partial charge on any atom is 0.266 e. The van der Waals surface area contributed by atoms with Crippen molar-refractivity contribution in [2.45, 2.75) is 33.2 Å². The van der Waals surface area contributed by atoms with E-state index < -0.39 is 0 Å². The van der Waals surface area contributed by atoms with Crippen molar-refractivity contribution in [1.29, 1.82) is 0 Å². The SMILES string of the molecule is Cc1ccc(=O)n(CCN2CCN(c3cc(C(C)C)nc4ncnn34)CC2)n1. The second-order valence-electron chi connectivity index (χ2n) is 7.53. The molecule has 4 heterocycles. The molecule has 0 unspecified atom stereocenters. The fourth-order valence-corrected chi connectivity index (χ4v) is 3.48. The van der Waals surface area contributed by atoms with Gasteiger partial charge in [-0.2, -0.15) is 19.7 Å². The number of aromatic nitrogens is 6. The van der Waals surface area contributed by atoms with E-state index in [1.165, 1.54) is 0 Å². The van der Waals surface area contributed by atoms with Gasteiger partial charge < -0.3 is 4.90 Å². The van der Waals surface area contributed by atoms with Crippen LogP contribution in [0.5, 0.6) is 0 Å². The van der Waals surface area contributed by atoms with Crippen LogP contribution in [0.1, 0.15) is 31.2 Å². The molecule has 148 valence electrons. The Morgan fingerprint density at radius 1 is 1.11 bits per heavy atom. The van der Waals surface area contributed by atoms with Crippen LogP contribution in [-0.2, 0) is 6.54 Å². The molecule has 1 fully saturated rings. The summed E-state index contributed by atoms with van der Waals surface area (Å²) in [7, 11) is 0. The summed E-state index contributed by atoms with van der Waals surface area (Å²) >= 11 is 0. The summed E-state index contributed by atoms with van der Waals surface area (Å²) in [5, 5.41) is 8.66. The lowest BCUT2D eigenvalue weighted by Gasteiger charge is -2.36. The quantitative estimate of drug-likeness (QED) is 0.649. The molecule has 0 N–H and O–H groups in total. The number of hydrogen-bond donors (Lipinski definition) is 0. The number of nitrogens with zero attached hydrogens (tertiary/aromatic N) is 8. The van der Waals surface area contributed by atoms with Gasteiger partial charge in [-0.3, -0.25) is 9.69 Å². The first-order chi connectivity index (χ1) is 13.5. The van der Waals surface area contributed by atoms with E-state index in [0.29, 0.717) is 18.2 Å². The van der Waals surface area contributed by atoms with Crippen LogP contribution < -0.4 is 10.5 Å². The third-order valence-electron chi connectivity index (χ3n) is 5.17. The summed E-state index contributed by atoms with van der Waals surface area (Å²) < 4.78 is 3.37. The van der Waals surface area contributed by atoms with Crippen molar-refractivity contribution in [3.8, 4) is 0 Å². The van der Waals surface area contributed by atoms with Gasteiger partial charge in [0, 0.05) is 44.9 Å². The summed E-state index contributed by atoms with van der Waals surface area (Å²) in [6, 6.07) is 5.46. The van der Waals surface area contributed by atoms with Crippen molar-refractivity contribution < 1.29 is 0 Å². The molecule has 0 saturated carbocycles. The normalized spacial score (nSPS) is 15.6. The van der Waals surface area contributed by atoms with Gasteiger partial charge in [-0.05, 0) is 18.9 Å². The largest absolute Gasteiger partial charge is 0.354 e. The molecule has 9 heteroatoms. The van der Waals surface area contributed by atoms with Gasteiger partial charge in [0.1, 0.15) is 12.1 Å².